The molecule has 0 atom stereocenters. The molecule has 0 aliphatic heterocycles. The molecule has 3 nitrogen and oxygen atoms in total. The van der Waals surface area contributed by atoms with Crippen molar-refractivity contribution in [2.45, 2.75) is 6.92 Å². The molecule has 0 unspecified atom stereocenters. The van der Waals surface area contributed by atoms with Gasteiger partial charge in [0.15, 0.2) is 0 Å². The summed E-state index contributed by atoms with van der Waals surface area (Å²) in [4.78, 5) is 15.6. The van der Waals surface area contributed by atoms with E-state index in [0.717, 1.165) is 16.8 Å². The van der Waals surface area contributed by atoms with Gasteiger partial charge in [0.1, 0.15) is 0 Å². The van der Waals surface area contributed by atoms with E-state index in [1.165, 1.54) is 7.11 Å². The lowest BCUT2D eigenvalue weighted by atomic mass is 10.0. The van der Waals surface area contributed by atoms with E-state index in [4.69, 9.17) is 4.74 Å². The number of esters is 1. The largest absolute Gasteiger partial charge is 0.465 e. The van der Waals surface area contributed by atoms with E-state index in [2.05, 4.69) is 4.98 Å². The Morgan fingerprint density at radius 2 is 2.00 bits per heavy atom. The Morgan fingerprint density at radius 3 is 2.65 bits per heavy atom. The van der Waals surface area contributed by atoms with Crippen LogP contribution in [-0.4, -0.2) is 18.1 Å². The Morgan fingerprint density at radius 1 is 1.18 bits per heavy atom. The number of methoxy groups -OCH3 is 1. The Bertz CT molecular complexity index is 532. The zero-order valence-electron chi connectivity index (χ0n) is 9.81. The Kier molecular flexibility index (Phi) is 3.19. The number of nitrogens with zero attached hydrogens (tertiary/aromatic N) is 1. The lowest BCUT2D eigenvalue weighted by Crippen LogP contribution is -2.00. The molecule has 1 aromatic heterocycles. The molecule has 2 aromatic rings. The average Bonchev–Trinajstić information content (AvgIpc) is 2.39. The van der Waals surface area contributed by atoms with Gasteiger partial charge in [0.2, 0.25) is 0 Å². The summed E-state index contributed by atoms with van der Waals surface area (Å²) in [7, 11) is 1.38. The lowest BCUT2D eigenvalue weighted by Gasteiger charge is -2.04. The molecule has 0 N–H and O–H groups in total. The Labute approximate surface area is 100 Å². The van der Waals surface area contributed by atoms with Crippen molar-refractivity contribution < 1.29 is 9.53 Å². The fourth-order valence-corrected chi connectivity index (χ4v) is 1.58. The van der Waals surface area contributed by atoms with Crippen molar-refractivity contribution >= 4 is 5.97 Å². The molecule has 2 rings (SSSR count). The molecule has 17 heavy (non-hydrogen) atoms. The van der Waals surface area contributed by atoms with E-state index in [9.17, 15) is 4.79 Å². The molecule has 0 fully saturated rings. The van der Waals surface area contributed by atoms with Crippen LogP contribution in [0.3, 0.4) is 0 Å². The molecule has 3 heteroatoms. The molecule has 0 saturated carbocycles. The first-order chi connectivity index (χ1) is 8.20. The molecule has 0 aliphatic rings. The minimum atomic E-state index is -0.327. The van der Waals surface area contributed by atoms with Crippen LogP contribution in [0.4, 0.5) is 0 Å². The van der Waals surface area contributed by atoms with Crippen LogP contribution in [0, 0.1) is 6.92 Å². The van der Waals surface area contributed by atoms with E-state index in [0.29, 0.717) is 5.56 Å². The van der Waals surface area contributed by atoms with Gasteiger partial charge in [-0.15, -0.1) is 0 Å². The van der Waals surface area contributed by atoms with Crippen LogP contribution in [0.5, 0.6) is 0 Å². The van der Waals surface area contributed by atoms with Crippen molar-refractivity contribution in [1.29, 1.82) is 0 Å². The molecule has 0 aliphatic carbocycles. The zero-order valence-corrected chi connectivity index (χ0v) is 9.81. The molecule has 0 radical (unpaired) electrons. The first-order valence-corrected chi connectivity index (χ1v) is 5.32. The number of carbonyl (C=O) groups is 1. The molecule has 0 amide bonds. The molecular weight excluding hydrogens is 214 g/mol. The van der Waals surface area contributed by atoms with Crippen LogP contribution in [0.25, 0.3) is 11.1 Å². The van der Waals surface area contributed by atoms with E-state index in [1.54, 1.807) is 18.3 Å². The number of hydrogen-bond acceptors (Lipinski definition) is 3. The van der Waals surface area contributed by atoms with Gasteiger partial charge in [-0.2, -0.15) is 0 Å². The number of rotatable bonds is 2. The number of aryl methyl sites for hydroxylation is 1. The third kappa shape index (κ3) is 2.50. The van der Waals surface area contributed by atoms with Crippen LogP contribution in [-0.2, 0) is 4.74 Å². The quantitative estimate of drug-likeness (QED) is 0.740. The van der Waals surface area contributed by atoms with Crippen molar-refractivity contribution in [2.75, 3.05) is 7.11 Å². The summed E-state index contributed by atoms with van der Waals surface area (Å²) in [6.07, 6.45) is 1.80. The maximum Gasteiger partial charge on any atom is 0.337 e. The average molecular weight is 227 g/mol. The molecule has 1 aromatic carbocycles. The molecule has 0 saturated heterocycles. The van der Waals surface area contributed by atoms with Gasteiger partial charge in [0, 0.05) is 17.5 Å². The fourth-order valence-electron chi connectivity index (χ4n) is 1.58. The fraction of sp³-hybridized carbons (Fsp3) is 0.143. The van der Waals surface area contributed by atoms with Gasteiger partial charge in [-0.25, -0.2) is 4.79 Å². The first kappa shape index (κ1) is 11.3. The highest BCUT2D eigenvalue weighted by Crippen LogP contribution is 2.20. The summed E-state index contributed by atoms with van der Waals surface area (Å²) < 4.78 is 4.69. The number of hydrogen-bond donors (Lipinski definition) is 0. The summed E-state index contributed by atoms with van der Waals surface area (Å²) in [6.45, 7) is 1.94. The van der Waals surface area contributed by atoms with Crippen LogP contribution in [0.1, 0.15) is 16.1 Å². The van der Waals surface area contributed by atoms with Crippen molar-refractivity contribution in [3.63, 3.8) is 0 Å². The summed E-state index contributed by atoms with van der Waals surface area (Å²) in [5, 5.41) is 0. The van der Waals surface area contributed by atoms with Gasteiger partial charge in [0.05, 0.1) is 12.7 Å². The summed E-state index contributed by atoms with van der Waals surface area (Å²) in [5.74, 6) is -0.327. The normalized spacial score (nSPS) is 10.0. The van der Waals surface area contributed by atoms with Gasteiger partial charge in [0.25, 0.3) is 0 Å². The lowest BCUT2D eigenvalue weighted by molar-refractivity contribution is 0.0601. The predicted molar refractivity (Wildman–Crippen MR) is 65.7 cm³/mol. The molecular formula is C14H13NO2. The maximum atomic E-state index is 11.4. The van der Waals surface area contributed by atoms with E-state index < -0.39 is 0 Å². The number of pyridine rings is 1. The molecule has 0 bridgehead atoms. The van der Waals surface area contributed by atoms with E-state index >= 15 is 0 Å². The second-order valence-corrected chi connectivity index (χ2v) is 3.76. The number of benzene rings is 1. The second-order valence-electron chi connectivity index (χ2n) is 3.76. The number of carbonyl (C=O) groups excluding carboxylic acids is 1. The molecule has 86 valence electrons. The Balaban J connectivity index is 2.39. The summed E-state index contributed by atoms with van der Waals surface area (Å²) >= 11 is 0. The highest BCUT2D eigenvalue weighted by Gasteiger charge is 2.06. The second kappa shape index (κ2) is 4.78. The summed E-state index contributed by atoms with van der Waals surface area (Å²) in [5.41, 5.74) is 3.46. The SMILES string of the molecule is COC(=O)c1cccc(-c2ccc(C)nc2)c1. The van der Waals surface area contributed by atoms with Crippen molar-refractivity contribution in [3.8, 4) is 11.1 Å². The Hall–Kier alpha value is -2.16. The highest BCUT2D eigenvalue weighted by atomic mass is 16.5. The maximum absolute atomic E-state index is 11.4. The predicted octanol–water partition coefficient (Wildman–Crippen LogP) is 2.84. The van der Waals surface area contributed by atoms with Crippen molar-refractivity contribution in [1.82, 2.24) is 4.98 Å². The van der Waals surface area contributed by atoms with Gasteiger partial charge in [-0.05, 0) is 30.7 Å². The molecule has 1 heterocycles. The van der Waals surface area contributed by atoms with Gasteiger partial charge < -0.3 is 4.74 Å². The monoisotopic (exact) mass is 227 g/mol. The van der Waals surface area contributed by atoms with Gasteiger partial charge in [-0.1, -0.05) is 18.2 Å². The minimum absolute atomic E-state index is 0.327. The summed E-state index contributed by atoms with van der Waals surface area (Å²) in [6, 6.07) is 11.2. The van der Waals surface area contributed by atoms with Crippen molar-refractivity contribution in [2.24, 2.45) is 0 Å². The minimum Gasteiger partial charge on any atom is -0.465 e. The number of aromatic nitrogens is 1. The van der Waals surface area contributed by atoms with Crippen LogP contribution in [0.15, 0.2) is 42.6 Å². The van der Waals surface area contributed by atoms with Gasteiger partial charge in [-0.3, -0.25) is 4.98 Å². The third-order valence-electron chi connectivity index (χ3n) is 2.53. The van der Waals surface area contributed by atoms with Crippen LogP contribution >= 0.6 is 0 Å². The van der Waals surface area contributed by atoms with Crippen LogP contribution in [0.2, 0.25) is 0 Å². The third-order valence-corrected chi connectivity index (χ3v) is 2.53. The van der Waals surface area contributed by atoms with E-state index in [1.807, 2.05) is 31.2 Å². The smallest absolute Gasteiger partial charge is 0.337 e. The van der Waals surface area contributed by atoms with E-state index in [-0.39, 0.29) is 5.97 Å². The highest BCUT2D eigenvalue weighted by molar-refractivity contribution is 5.90. The zero-order chi connectivity index (χ0) is 12.3. The van der Waals surface area contributed by atoms with Crippen LogP contribution < -0.4 is 0 Å². The van der Waals surface area contributed by atoms with Gasteiger partial charge >= 0.3 is 5.97 Å². The number of ether oxygens (including phenoxy) is 1. The first-order valence-electron chi connectivity index (χ1n) is 5.32. The topological polar surface area (TPSA) is 39.2 Å². The van der Waals surface area contributed by atoms with Crippen molar-refractivity contribution in [3.05, 3.63) is 53.9 Å². The standard InChI is InChI=1S/C14H13NO2/c1-10-6-7-13(9-15-10)11-4-3-5-12(8-11)14(16)17-2/h3-9H,1-2H3. The molecule has 0 spiro atoms.